The van der Waals surface area contributed by atoms with Gasteiger partial charge in [-0.2, -0.15) is 11.8 Å². The predicted octanol–water partition coefficient (Wildman–Crippen LogP) is 4.47. The van der Waals surface area contributed by atoms with E-state index in [0.717, 1.165) is 54.2 Å². The molecule has 2 aliphatic heterocycles. The number of para-hydroxylation sites is 1. The number of thiophene rings is 1. The van der Waals surface area contributed by atoms with Crippen LogP contribution in [0.1, 0.15) is 25.0 Å². The molecule has 4 aromatic rings. The van der Waals surface area contributed by atoms with Gasteiger partial charge < -0.3 is 4.74 Å². The zero-order valence-corrected chi connectivity index (χ0v) is 20.9. The molecule has 9 heteroatoms. The smallest absolute Gasteiger partial charge is 0.280 e. The van der Waals surface area contributed by atoms with Gasteiger partial charge in [-0.25, -0.2) is 9.97 Å². The van der Waals surface area contributed by atoms with E-state index >= 15 is 0 Å². The van der Waals surface area contributed by atoms with Crippen LogP contribution in [0.25, 0.3) is 26.1 Å². The molecule has 0 aliphatic carbocycles. The van der Waals surface area contributed by atoms with Crippen molar-refractivity contribution < 1.29 is 9.72 Å². The van der Waals surface area contributed by atoms with Gasteiger partial charge in [-0.05, 0) is 24.1 Å². The van der Waals surface area contributed by atoms with Crippen molar-refractivity contribution in [1.29, 1.82) is 0 Å². The number of hydrogen-bond donors (Lipinski definition) is 0. The number of fused-ring (bicyclic) bond motifs is 5. The molecule has 0 spiro atoms. The van der Waals surface area contributed by atoms with E-state index in [4.69, 9.17) is 21.3 Å². The zero-order valence-electron chi connectivity index (χ0n) is 18.5. The van der Waals surface area contributed by atoms with Crippen LogP contribution in [-0.2, 0) is 16.9 Å². The molecule has 2 aliphatic rings. The number of benzene rings is 1. The minimum absolute atomic E-state index is 0.0891. The highest BCUT2D eigenvalue weighted by Gasteiger charge is 2.36. The Morgan fingerprint density at radius 3 is 2.76 bits per heavy atom. The number of nitrogens with one attached hydrogen (secondary N) is 1. The van der Waals surface area contributed by atoms with E-state index in [9.17, 15) is 4.79 Å². The first-order valence-electron chi connectivity index (χ1n) is 11.1. The van der Waals surface area contributed by atoms with Crippen LogP contribution in [0.4, 0.5) is 5.82 Å². The largest absolute Gasteiger partial charge is 0.373 e. The third-order valence-electron chi connectivity index (χ3n) is 6.43. The summed E-state index contributed by atoms with van der Waals surface area (Å²) >= 11 is 9.87. The van der Waals surface area contributed by atoms with Gasteiger partial charge in [-0.3, -0.25) is 14.3 Å². The Hall–Kier alpha value is -2.13. The molecule has 6 nitrogen and oxygen atoms in total. The number of thioether (sulfide) groups is 1. The number of aromatic nitrogens is 3. The lowest BCUT2D eigenvalue weighted by Gasteiger charge is -2.32. The zero-order chi connectivity index (χ0) is 22.7. The van der Waals surface area contributed by atoms with E-state index in [1.54, 1.807) is 17.0 Å². The van der Waals surface area contributed by atoms with Crippen molar-refractivity contribution in [2.45, 2.75) is 30.8 Å². The number of anilines is 1. The molecule has 0 saturated carbocycles. The highest BCUT2D eigenvalue weighted by atomic mass is 35.5. The number of hydrogen-bond acceptors (Lipinski definition) is 6. The van der Waals surface area contributed by atoms with Gasteiger partial charge in [0.15, 0.2) is 4.83 Å². The van der Waals surface area contributed by atoms with Crippen LogP contribution in [0.2, 0.25) is 5.02 Å². The summed E-state index contributed by atoms with van der Waals surface area (Å²) in [5.41, 5.74) is 4.00. The second kappa shape index (κ2) is 7.98. The van der Waals surface area contributed by atoms with Crippen molar-refractivity contribution >= 4 is 61.0 Å². The quantitative estimate of drug-likeness (QED) is 0.407. The van der Waals surface area contributed by atoms with Crippen molar-refractivity contribution in [2.24, 2.45) is 0 Å². The van der Waals surface area contributed by atoms with Gasteiger partial charge in [-0.1, -0.05) is 48.9 Å². The van der Waals surface area contributed by atoms with Crippen molar-refractivity contribution in [3.63, 3.8) is 0 Å². The second-order valence-electron chi connectivity index (χ2n) is 9.11. The number of aromatic amines is 1. The Morgan fingerprint density at radius 1 is 1.18 bits per heavy atom. The molecular formula is C24H24ClN4O2S2+. The topological polar surface area (TPSA) is 61.5 Å². The minimum atomic E-state index is -0.0891. The maximum Gasteiger partial charge on any atom is 0.280 e. The molecule has 0 atom stereocenters. The van der Waals surface area contributed by atoms with Crippen LogP contribution in [0.15, 0.2) is 35.4 Å². The van der Waals surface area contributed by atoms with E-state index < -0.39 is 0 Å². The monoisotopic (exact) mass is 499 g/mol. The lowest BCUT2D eigenvalue weighted by molar-refractivity contribution is -0.328. The summed E-state index contributed by atoms with van der Waals surface area (Å²) in [6, 6.07) is 7.36. The standard InChI is InChI=1S/C24H23ClN4O2S2/c1-24(2)11-14-15(12-32-24)21(28-7-9-31-10-8-28)27-22-18(14)19-20(33-22)23(30)29(13-26-19)17-6-4-3-5-16(17)25/h3-6,13H,7-12H2,1-2H3/p+1. The SMILES string of the molecule is CC1(C)Cc2c(c(N3CCOCC3)[nH+]c3sc4c(=O)n(-c5ccccc5Cl)cnc4c23)CS1. The number of morpholine rings is 1. The lowest BCUT2D eigenvalue weighted by atomic mass is 9.94. The molecule has 1 N–H and O–H groups in total. The average molecular weight is 500 g/mol. The van der Waals surface area contributed by atoms with Gasteiger partial charge in [0.05, 0.1) is 34.9 Å². The highest BCUT2D eigenvalue weighted by molar-refractivity contribution is 7.99. The summed E-state index contributed by atoms with van der Waals surface area (Å²) in [5.74, 6) is 2.11. The molecule has 0 amide bonds. The van der Waals surface area contributed by atoms with Crippen molar-refractivity contribution in [3.05, 3.63) is 57.1 Å². The van der Waals surface area contributed by atoms with Gasteiger partial charge in [0, 0.05) is 10.5 Å². The first kappa shape index (κ1) is 21.4. The Bertz CT molecular complexity index is 1460. The Morgan fingerprint density at radius 2 is 1.97 bits per heavy atom. The second-order valence-corrected chi connectivity index (χ2v) is 12.2. The van der Waals surface area contributed by atoms with Crippen LogP contribution in [0.5, 0.6) is 0 Å². The Kier molecular flexibility index (Phi) is 5.17. The molecule has 1 aromatic carbocycles. The van der Waals surface area contributed by atoms with Gasteiger partial charge in [0.25, 0.3) is 11.4 Å². The third-order valence-corrected chi connectivity index (χ3v) is 9.19. The van der Waals surface area contributed by atoms with Crippen LogP contribution in [-0.4, -0.2) is 40.6 Å². The van der Waals surface area contributed by atoms with Gasteiger partial charge in [0.1, 0.15) is 29.6 Å². The lowest BCUT2D eigenvalue weighted by Crippen LogP contribution is -2.41. The van der Waals surface area contributed by atoms with Gasteiger partial charge >= 0.3 is 0 Å². The molecule has 0 unspecified atom stereocenters. The molecular weight excluding hydrogens is 476 g/mol. The number of rotatable bonds is 2. The number of ether oxygens (including phenoxy) is 1. The molecule has 5 heterocycles. The summed E-state index contributed by atoms with van der Waals surface area (Å²) in [7, 11) is 0. The average Bonchev–Trinajstić information content (AvgIpc) is 3.19. The van der Waals surface area contributed by atoms with E-state index in [1.807, 2.05) is 30.0 Å². The van der Waals surface area contributed by atoms with Crippen LogP contribution in [0.3, 0.4) is 0 Å². The number of halogens is 1. The van der Waals surface area contributed by atoms with Gasteiger partial charge in [-0.15, -0.1) is 0 Å². The van der Waals surface area contributed by atoms with E-state index in [0.29, 0.717) is 15.4 Å². The third kappa shape index (κ3) is 3.55. The fourth-order valence-electron chi connectivity index (χ4n) is 4.78. The van der Waals surface area contributed by atoms with Crippen molar-refractivity contribution in [2.75, 3.05) is 31.2 Å². The molecule has 170 valence electrons. The summed E-state index contributed by atoms with van der Waals surface area (Å²) < 4.78 is 7.93. The highest BCUT2D eigenvalue weighted by Crippen LogP contribution is 2.45. The van der Waals surface area contributed by atoms with Gasteiger partial charge in [0.2, 0.25) is 0 Å². The van der Waals surface area contributed by atoms with E-state index in [-0.39, 0.29) is 10.3 Å². The fraction of sp³-hybridized carbons (Fsp3) is 0.375. The maximum atomic E-state index is 13.6. The number of pyridine rings is 1. The van der Waals surface area contributed by atoms with Crippen molar-refractivity contribution in [3.8, 4) is 5.69 Å². The van der Waals surface area contributed by atoms with Crippen LogP contribution in [0, 0.1) is 0 Å². The molecule has 3 aromatic heterocycles. The summed E-state index contributed by atoms with van der Waals surface area (Å²) in [6.45, 7) is 7.79. The first-order valence-corrected chi connectivity index (χ1v) is 13.2. The fourth-order valence-corrected chi connectivity index (χ4v) is 7.21. The first-order chi connectivity index (χ1) is 15.9. The molecule has 33 heavy (non-hydrogen) atoms. The predicted molar refractivity (Wildman–Crippen MR) is 136 cm³/mol. The molecule has 6 rings (SSSR count). The minimum Gasteiger partial charge on any atom is -0.373 e. The Labute approximate surface area is 204 Å². The van der Waals surface area contributed by atoms with E-state index in [2.05, 4.69) is 23.7 Å². The molecule has 1 saturated heterocycles. The summed E-state index contributed by atoms with van der Waals surface area (Å²) in [5, 5.41) is 1.62. The number of H-pyrrole nitrogens is 1. The normalized spacial score (nSPS) is 18.1. The Balaban J connectivity index is 1.63. The molecule has 0 radical (unpaired) electrons. The van der Waals surface area contributed by atoms with Crippen LogP contribution >= 0.6 is 34.7 Å². The summed E-state index contributed by atoms with van der Waals surface area (Å²) in [6.07, 6.45) is 2.56. The van der Waals surface area contributed by atoms with Crippen molar-refractivity contribution in [1.82, 2.24) is 9.55 Å². The van der Waals surface area contributed by atoms with E-state index in [1.165, 1.54) is 28.3 Å². The van der Waals surface area contributed by atoms with Crippen LogP contribution < -0.4 is 15.4 Å². The molecule has 1 fully saturated rings. The maximum absolute atomic E-state index is 13.6. The molecule has 0 bridgehead atoms. The number of nitrogens with zero attached hydrogens (tertiary/aromatic N) is 3. The summed E-state index contributed by atoms with van der Waals surface area (Å²) in [4.78, 5) is 25.5.